The summed E-state index contributed by atoms with van der Waals surface area (Å²) in [7, 11) is 0. The van der Waals surface area contributed by atoms with Crippen LogP contribution in [0.1, 0.15) is 63.8 Å². The van der Waals surface area contributed by atoms with E-state index in [1.54, 1.807) is 0 Å². The first-order chi connectivity index (χ1) is 18.1. The number of halogens is 2. The second-order valence-corrected chi connectivity index (χ2v) is 12.4. The maximum Gasteiger partial charge on any atom is 2.00 e. The zero-order chi connectivity index (χ0) is 26.9. The molecule has 0 spiro atoms. The van der Waals surface area contributed by atoms with Crippen molar-refractivity contribution >= 4 is 0 Å². The predicted octanol–water partition coefficient (Wildman–Crippen LogP) is 4.85. The number of rotatable bonds is 2. The van der Waals surface area contributed by atoms with Gasteiger partial charge in [0.15, 0.2) is 0 Å². The van der Waals surface area contributed by atoms with Crippen molar-refractivity contribution < 1.29 is 51.0 Å². The summed E-state index contributed by atoms with van der Waals surface area (Å²) in [6.45, 7) is 13.9. The summed E-state index contributed by atoms with van der Waals surface area (Å²) in [4.78, 5) is 0. The van der Waals surface area contributed by atoms with Crippen molar-refractivity contribution in [3.8, 4) is 33.4 Å². The molecule has 218 valence electrons. The van der Waals surface area contributed by atoms with Gasteiger partial charge in [-0.25, -0.2) is 12.1 Å². The fourth-order valence-corrected chi connectivity index (χ4v) is 5.42. The maximum absolute atomic E-state index is 3.88. The van der Waals surface area contributed by atoms with E-state index in [2.05, 4.69) is 126 Å². The summed E-state index contributed by atoms with van der Waals surface area (Å²) in [6, 6.07) is 42.8. The number of fused-ring (bicyclic) bond motifs is 3. The molecule has 0 radical (unpaired) electrons. The van der Waals surface area contributed by atoms with Gasteiger partial charge in [0.2, 0.25) is 0 Å². The minimum absolute atomic E-state index is 0. The molecule has 0 aliphatic heterocycles. The van der Waals surface area contributed by atoms with Crippen molar-refractivity contribution in [1.29, 1.82) is 0 Å². The molecule has 0 aromatic heterocycles. The van der Waals surface area contributed by atoms with E-state index in [0.29, 0.717) is 0 Å². The molecule has 0 N–H and O–H groups in total. The third-order valence-corrected chi connectivity index (χ3v) is 7.38. The quantitative estimate of drug-likeness (QED) is 0.231. The van der Waals surface area contributed by atoms with E-state index in [9.17, 15) is 0 Å². The van der Waals surface area contributed by atoms with Gasteiger partial charge < -0.3 is 32.2 Å². The molecule has 0 nitrogen and oxygen atoms in total. The molecule has 42 heavy (non-hydrogen) atoms. The van der Waals surface area contributed by atoms with Gasteiger partial charge in [-0.3, -0.25) is 0 Å². The van der Waals surface area contributed by atoms with Crippen LogP contribution in [0.2, 0.25) is 0 Å². The van der Waals surface area contributed by atoms with Crippen LogP contribution in [0.5, 0.6) is 0 Å². The summed E-state index contributed by atoms with van der Waals surface area (Å²) in [5.74, 6) is 0. The second-order valence-electron chi connectivity index (χ2n) is 12.4. The van der Waals surface area contributed by atoms with E-state index in [1.807, 2.05) is 30.3 Å². The van der Waals surface area contributed by atoms with Crippen molar-refractivity contribution in [1.82, 2.24) is 0 Å². The van der Waals surface area contributed by atoms with Gasteiger partial charge in [-0.1, -0.05) is 131 Å². The monoisotopic (exact) mass is 669 g/mol. The van der Waals surface area contributed by atoms with Crippen molar-refractivity contribution in [2.45, 2.75) is 58.8 Å². The first-order valence-electron chi connectivity index (χ1n) is 13.7. The van der Waals surface area contributed by atoms with Crippen LogP contribution >= 0.6 is 0 Å². The third-order valence-electron chi connectivity index (χ3n) is 7.38. The van der Waals surface area contributed by atoms with Crippen molar-refractivity contribution in [3.05, 3.63) is 145 Å². The fourth-order valence-electron chi connectivity index (χ4n) is 5.42. The van der Waals surface area contributed by atoms with Gasteiger partial charge in [0.05, 0.1) is 0 Å². The summed E-state index contributed by atoms with van der Waals surface area (Å²) in [5.41, 5.74) is 13.5. The Kier molecular flexibility index (Phi) is 13.9. The minimum atomic E-state index is 0. The number of hydrogen-bond acceptors (Lipinski definition) is 0. The van der Waals surface area contributed by atoms with Crippen molar-refractivity contribution in [2.24, 2.45) is 0 Å². The zero-order valence-electron chi connectivity index (χ0n) is 25.9. The number of benzene rings is 4. The summed E-state index contributed by atoms with van der Waals surface area (Å²) in [5, 5.41) is 0. The minimum Gasteiger partial charge on any atom is -1.00 e. The third kappa shape index (κ3) is 8.20. The van der Waals surface area contributed by atoms with E-state index < -0.39 is 0 Å². The predicted molar refractivity (Wildman–Crippen MR) is 170 cm³/mol. The topological polar surface area (TPSA) is 0 Å². The van der Waals surface area contributed by atoms with Gasteiger partial charge in [-0.05, 0) is 39.5 Å². The molecular weight excluding hydrogens is 631 g/mol. The Morgan fingerprint density at radius 2 is 1.10 bits per heavy atom. The van der Waals surface area contributed by atoms with Gasteiger partial charge >= 0.3 is 26.2 Å². The van der Waals surface area contributed by atoms with E-state index >= 15 is 0 Å². The maximum atomic E-state index is 3.88. The Labute approximate surface area is 286 Å². The molecule has 0 unspecified atom stereocenters. The molecule has 1 aliphatic rings. The number of hydrogen-bond donors (Lipinski definition) is 0. The molecule has 0 amide bonds. The van der Waals surface area contributed by atoms with Crippen LogP contribution < -0.4 is 24.8 Å². The van der Waals surface area contributed by atoms with Gasteiger partial charge in [-0.15, -0.1) is 28.8 Å². The van der Waals surface area contributed by atoms with E-state index in [0.717, 1.165) is 6.42 Å². The first kappa shape index (κ1) is 37.7. The van der Waals surface area contributed by atoms with Gasteiger partial charge in [0, 0.05) is 0 Å². The Hall–Kier alpha value is -2.31. The molecule has 0 bridgehead atoms. The molecule has 1 aliphatic carbocycles. The molecule has 3 heteroatoms. The van der Waals surface area contributed by atoms with Crippen molar-refractivity contribution in [3.63, 3.8) is 0 Å². The van der Waals surface area contributed by atoms with Gasteiger partial charge in [0.25, 0.3) is 0 Å². The second kappa shape index (κ2) is 15.4. The summed E-state index contributed by atoms with van der Waals surface area (Å²) < 4.78 is 0. The standard InChI is InChI=1S/C33H33.C5H5.CH3.2ClH.Zr/c1-32(2,3)30-20-26-24(18-28(30)22-13-9-7-10-14-22)17-25-19-29(23-15-11-8-12-16-23)31(21-27(25)26)33(4,5)6;1-2-4-5-3-1;;;;/h7-16,18,20-21H,17H2,1-6H3;1-5H;1H3;2*1H;/q3*-1;;;+2/p-2. The largest absolute Gasteiger partial charge is 2.00 e. The first-order valence-corrected chi connectivity index (χ1v) is 13.7. The van der Waals surface area contributed by atoms with E-state index in [1.165, 1.54) is 55.6 Å². The smallest absolute Gasteiger partial charge is 1.00 e. The van der Waals surface area contributed by atoms with Crippen LogP contribution in [0.25, 0.3) is 33.4 Å². The van der Waals surface area contributed by atoms with E-state index in [-0.39, 0.29) is 69.3 Å². The van der Waals surface area contributed by atoms with Crippen LogP contribution in [0.3, 0.4) is 0 Å². The van der Waals surface area contributed by atoms with Crippen molar-refractivity contribution in [2.75, 3.05) is 0 Å². The van der Waals surface area contributed by atoms with E-state index in [4.69, 9.17) is 0 Å². The Bertz CT molecular complexity index is 1400. The summed E-state index contributed by atoms with van der Waals surface area (Å²) in [6.07, 6.45) is 0.944. The SMILES string of the molecule is CC(C)(C)c1cc2c([c-]c1-c1ccccc1)Cc1cc(-c3ccccc3)c(C(C)(C)C)cc1-2.[CH3-].[Cl-].[Cl-].[Zr+2].c1cc[cH-]c1. The van der Waals surface area contributed by atoms with Gasteiger partial charge in [-0.2, -0.15) is 18.2 Å². The average Bonchev–Trinajstić information content (AvgIpc) is 3.59. The average molecular weight is 672 g/mol. The van der Waals surface area contributed by atoms with Crippen LogP contribution in [-0.2, 0) is 43.5 Å². The molecule has 0 saturated carbocycles. The van der Waals surface area contributed by atoms with Crippen LogP contribution in [-0.4, -0.2) is 0 Å². The molecule has 5 aromatic carbocycles. The van der Waals surface area contributed by atoms with Gasteiger partial charge in [0.1, 0.15) is 0 Å². The van der Waals surface area contributed by atoms with Crippen LogP contribution in [0.15, 0.2) is 109 Å². The van der Waals surface area contributed by atoms with Crippen LogP contribution in [0, 0.1) is 13.5 Å². The Balaban J connectivity index is 0.000000892. The van der Waals surface area contributed by atoms with Crippen LogP contribution in [0.4, 0.5) is 0 Å². The summed E-state index contributed by atoms with van der Waals surface area (Å²) >= 11 is 0. The fraction of sp³-hybridized carbons (Fsp3) is 0.231. The molecular formula is C39H41Cl2Zr-3. The Morgan fingerprint density at radius 1 is 0.595 bits per heavy atom. The normalized spacial score (nSPS) is 11.2. The molecule has 0 heterocycles. The molecule has 5 aromatic rings. The molecule has 0 saturated heterocycles. The molecule has 0 fully saturated rings. The Morgan fingerprint density at radius 3 is 1.57 bits per heavy atom. The zero-order valence-corrected chi connectivity index (χ0v) is 29.8. The molecule has 6 rings (SSSR count). The molecule has 0 atom stereocenters.